The molecule has 1 aromatic heterocycles. The van der Waals surface area contributed by atoms with Gasteiger partial charge >= 0.3 is 0 Å². The topological polar surface area (TPSA) is 27.1 Å². The first-order valence-electron chi connectivity index (χ1n) is 12.5. The number of aromatic nitrogens is 2. The number of unbranched alkanes of at least 4 members (excludes halogenated alkanes) is 1. The van der Waals surface area contributed by atoms with Gasteiger partial charge in [-0.05, 0) is 73.2 Å². The fourth-order valence-electron chi connectivity index (χ4n) is 4.70. The molecule has 0 amide bonds. The van der Waals surface area contributed by atoms with E-state index in [2.05, 4.69) is 122 Å². The first kappa shape index (κ1) is 22.9. The number of para-hydroxylation sites is 2. The average molecular weight is 461 g/mol. The van der Waals surface area contributed by atoms with E-state index < -0.39 is 0 Å². The quantitative estimate of drug-likeness (QED) is 0.211. The standard InChI is InChI=1S/C32H32N2O/c1-24-19-20-28(23-25(24)2)35-22-12-11-21-34-30-18-10-9-17-29(30)33-32(34)31(26-13-5-3-6-14-26)27-15-7-4-8-16-27/h3-10,13-20,23,31H,11-12,21-22H2,1-2H3. The van der Waals surface area contributed by atoms with Crippen molar-refractivity contribution in [2.75, 3.05) is 6.61 Å². The van der Waals surface area contributed by atoms with Gasteiger partial charge in [-0.2, -0.15) is 0 Å². The Morgan fingerprint density at radius 2 is 1.37 bits per heavy atom. The van der Waals surface area contributed by atoms with Crippen LogP contribution in [-0.4, -0.2) is 16.2 Å². The molecule has 0 saturated heterocycles. The molecular formula is C32H32N2O. The van der Waals surface area contributed by atoms with Crippen molar-refractivity contribution in [3.05, 3.63) is 131 Å². The van der Waals surface area contributed by atoms with Gasteiger partial charge in [0.25, 0.3) is 0 Å². The van der Waals surface area contributed by atoms with Gasteiger partial charge in [-0.25, -0.2) is 4.98 Å². The minimum absolute atomic E-state index is 0.0802. The summed E-state index contributed by atoms with van der Waals surface area (Å²) in [4.78, 5) is 5.16. The summed E-state index contributed by atoms with van der Waals surface area (Å²) in [6.07, 6.45) is 2.01. The Morgan fingerprint density at radius 3 is 2.06 bits per heavy atom. The number of nitrogens with zero attached hydrogens (tertiary/aromatic N) is 2. The summed E-state index contributed by atoms with van der Waals surface area (Å²) in [6.45, 7) is 5.88. The maximum absolute atomic E-state index is 6.04. The number of ether oxygens (including phenoxy) is 1. The van der Waals surface area contributed by atoms with Crippen molar-refractivity contribution in [2.24, 2.45) is 0 Å². The molecule has 0 aliphatic rings. The highest BCUT2D eigenvalue weighted by molar-refractivity contribution is 5.76. The highest BCUT2D eigenvalue weighted by Gasteiger charge is 2.23. The first-order valence-corrected chi connectivity index (χ1v) is 12.5. The minimum Gasteiger partial charge on any atom is -0.494 e. The average Bonchev–Trinajstić information content (AvgIpc) is 3.25. The third kappa shape index (κ3) is 5.14. The summed E-state index contributed by atoms with van der Waals surface area (Å²) >= 11 is 0. The zero-order chi connectivity index (χ0) is 24.0. The molecule has 0 aliphatic carbocycles. The molecule has 1 heterocycles. The zero-order valence-corrected chi connectivity index (χ0v) is 20.5. The minimum atomic E-state index is 0.0802. The van der Waals surface area contributed by atoms with Gasteiger partial charge in [0.15, 0.2) is 0 Å². The van der Waals surface area contributed by atoms with E-state index in [-0.39, 0.29) is 5.92 Å². The number of aryl methyl sites for hydroxylation is 3. The van der Waals surface area contributed by atoms with Crippen LogP contribution in [0.1, 0.15) is 46.8 Å². The molecule has 0 saturated carbocycles. The molecule has 5 aromatic rings. The molecule has 35 heavy (non-hydrogen) atoms. The van der Waals surface area contributed by atoms with Crippen LogP contribution in [0.25, 0.3) is 11.0 Å². The molecule has 5 rings (SSSR count). The van der Waals surface area contributed by atoms with Crippen LogP contribution in [0.4, 0.5) is 0 Å². The monoisotopic (exact) mass is 460 g/mol. The van der Waals surface area contributed by atoms with E-state index in [1.165, 1.54) is 27.8 Å². The van der Waals surface area contributed by atoms with Crippen molar-refractivity contribution < 1.29 is 4.74 Å². The van der Waals surface area contributed by atoms with Crippen LogP contribution in [0, 0.1) is 13.8 Å². The predicted molar refractivity (Wildman–Crippen MR) is 144 cm³/mol. The van der Waals surface area contributed by atoms with Gasteiger partial charge in [0, 0.05) is 6.54 Å². The van der Waals surface area contributed by atoms with Crippen molar-refractivity contribution in [3.8, 4) is 5.75 Å². The Balaban J connectivity index is 1.40. The van der Waals surface area contributed by atoms with Crippen LogP contribution < -0.4 is 4.74 Å². The van der Waals surface area contributed by atoms with E-state index in [9.17, 15) is 0 Å². The van der Waals surface area contributed by atoms with Crippen LogP contribution in [0.3, 0.4) is 0 Å². The van der Waals surface area contributed by atoms with Crippen LogP contribution in [0.15, 0.2) is 103 Å². The third-order valence-corrected chi connectivity index (χ3v) is 6.73. The van der Waals surface area contributed by atoms with E-state index >= 15 is 0 Å². The zero-order valence-electron chi connectivity index (χ0n) is 20.5. The largest absolute Gasteiger partial charge is 0.494 e. The lowest BCUT2D eigenvalue weighted by Crippen LogP contribution is -2.13. The number of imidazole rings is 1. The summed E-state index contributed by atoms with van der Waals surface area (Å²) in [6, 6.07) is 36.2. The van der Waals surface area contributed by atoms with Crippen LogP contribution >= 0.6 is 0 Å². The summed E-state index contributed by atoms with van der Waals surface area (Å²) in [7, 11) is 0. The molecular weight excluding hydrogens is 428 g/mol. The third-order valence-electron chi connectivity index (χ3n) is 6.73. The van der Waals surface area contributed by atoms with E-state index in [4.69, 9.17) is 9.72 Å². The lowest BCUT2D eigenvalue weighted by atomic mass is 9.90. The van der Waals surface area contributed by atoms with Crippen molar-refractivity contribution >= 4 is 11.0 Å². The Kier molecular flexibility index (Phi) is 6.94. The summed E-state index contributed by atoms with van der Waals surface area (Å²) in [5.74, 6) is 2.13. The summed E-state index contributed by atoms with van der Waals surface area (Å²) in [5.41, 5.74) is 7.31. The second-order valence-electron chi connectivity index (χ2n) is 9.17. The van der Waals surface area contributed by atoms with Crippen molar-refractivity contribution in [1.82, 2.24) is 9.55 Å². The van der Waals surface area contributed by atoms with Crippen molar-refractivity contribution in [2.45, 2.75) is 39.2 Å². The highest BCUT2D eigenvalue weighted by atomic mass is 16.5. The van der Waals surface area contributed by atoms with E-state index in [0.29, 0.717) is 6.61 Å². The first-order chi connectivity index (χ1) is 17.2. The summed E-state index contributed by atoms with van der Waals surface area (Å²) < 4.78 is 8.45. The lowest BCUT2D eigenvalue weighted by Gasteiger charge is -2.20. The molecule has 3 heteroatoms. The Hall–Kier alpha value is -3.85. The molecule has 0 aliphatic heterocycles. The molecule has 0 fully saturated rings. The SMILES string of the molecule is Cc1ccc(OCCCCn2c(C(c3ccccc3)c3ccccc3)nc3ccccc32)cc1C. The maximum Gasteiger partial charge on any atom is 0.121 e. The molecule has 0 unspecified atom stereocenters. The van der Waals surface area contributed by atoms with Crippen LogP contribution in [0.5, 0.6) is 5.75 Å². The van der Waals surface area contributed by atoms with Crippen LogP contribution in [-0.2, 0) is 6.54 Å². The number of rotatable bonds is 9. The van der Waals surface area contributed by atoms with Gasteiger partial charge in [-0.15, -0.1) is 0 Å². The molecule has 3 nitrogen and oxygen atoms in total. The van der Waals surface area contributed by atoms with Crippen molar-refractivity contribution in [3.63, 3.8) is 0 Å². The van der Waals surface area contributed by atoms with E-state index in [0.717, 1.165) is 36.5 Å². The molecule has 176 valence electrons. The maximum atomic E-state index is 6.04. The van der Waals surface area contributed by atoms with Crippen LogP contribution in [0.2, 0.25) is 0 Å². The van der Waals surface area contributed by atoms with E-state index in [1.54, 1.807) is 0 Å². The number of hydrogen-bond acceptors (Lipinski definition) is 2. The van der Waals surface area contributed by atoms with Gasteiger partial charge < -0.3 is 9.30 Å². The van der Waals surface area contributed by atoms with Gasteiger partial charge in [-0.1, -0.05) is 78.9 Å². The van der Waals surface area contributed by atoms with Gasteiger partial charge in [0.2, 0.25) is 0 Å². The Morgan fingerprint density at radius 1 is 0.714 bits per heavy atom. The fraction of sp³-hybridized carbons (Fsp3) is 0.219. The smallest absolute Gasteiger partial charge is 0.121 e. The Bertz CT molecular complexity index is 1350. The molecule has 4 aromatic carbocycles. The highest BCUT2D eigenvalue weighted by Crippen LogP contribution is 2.33. The Labute approximate surface area is 208 Å². The van der Waals surface area contributed by atoms with Gasteiger partial charge in [0.1, 0.15) is 11.6 Å². The predicted octanol–water partition coefficient (Wildman–Crippen LogP) is 7.69. The van der Waals surface area contributed by atoms with Gasteiger partial charge in [0.05, 0.1) is 23.6 Å². The van der Waals surface area contributed by atoms with Gasteiger partial charge in [-0.3, -0.25) is 0 Å². The second-order valence-corrected chi connectivity index (χ2v) is 9.17. The van der Waals surface area contributed by atoms with Crippen molar-refractivity contribution in [1.29, 1.82) is 0 Å². The number of fused-ring (bicyclic) bond motifs is 1. The lowest BCUT2D eigenvalue weighted by molar-refractivity contribution is 0.303. The summed E-state index contributed by atoms with van der Waals surface area (Å²) in [5, 5.41) is 0. The second kappa shape index (κ2) is 10.6. The molecule has 0 atom stereocenters. The fourth-order valence-corrected chi connectivity index (χ4v) is 4.70. The molecule has 0 bridgehead atoms. The number of hydrogen-bond donors (Lipinski definition) is 0. The number of benzene rings is 4. The molecule has 0 N–H and O–H groups in total. The molecule has 0 spiro atoms. The van der Waals surface area contributed by atoms with E-state index in [1.807, 2.05) is 0 Å². The molecule has 0 radical (unpaired) electrons. The normalized spacial score (nSPS) is 11.3.